The van der Waals surface area contributed by atoms with Crippen LogP contribution in [0.1, 0.15) is 47.5 Å². The van der Waals surface area contributed by atoms with Crippen molar-refractivity contribution in [3.63, 3.8) is 0 Å². The van der Waals surface area contributed by atoms with Crippen molar-refractivity contribution in [2.45, 2.75) is 53.1 Å². The van der Waals surface area contributed by atoms with Gasteiger partial charge in [-0.3, -0.25) is 0 Å². The maximum absolute atomic E-state index is 5.58. The molecule has 0 saturated heterocycles. The average molecular weight is 158 g/mol. The van der Waals surface area contributed by atoms with Crippen molar-refractivity contribution in [2.75, 3.05) is 6.61 Å². The molecule has 0 amide bonds. The first-order valence-corrected chi connectivity index (χ1v) is 4.56. The van der Waals surface area contributed by atoms with Crippen LogP contribution in [0.4, 0.5) is 0 Å². The summed E-state index contributed by atoms with van der Waals surface area (Å²) in [6.45, 7) is 11.7. The smallest absolute Gasteiger partial charge is 0.0598 e. The van der Waals surface area contributed by atoms with Gasteiger partial charge in [-0.1, -0.05) is 13.8 Å². The van der Waals surface area contributed by atoms with Gasteiger partial charge in [0.05, 0.1) is 5.60 Å². The molecule has 0 aliphatic rings. The third-order valence-corrected chi connectivity index (χ3v) is 1.46. The minimum absolute atomic E-state index is 0.0387. The Morgan fingerprint density at radius 3 is 2.09 bits per heavy atom. The van der Waals surface area contributed by atoms with Crippen LogP contribution in [0.2, 0.25) is 0 Å². The second kappa shape index (κ2) is 4.76. The third kappa shape index (κ3) is 9.96. The fourth-order valence-corrected chi connectivity index (χ4v) is 0.870. The van der Waals surface area contributed by atoms with Crippen molar-refractivity contribution in [3.8, 4) is 0 Å². The predicted octanol–water partition coefficient (Wildman–Crippen LogP) is 3.24. The molecular formula is C10H22O. The summed E-state index contributed by atoms with van der Waals surface area (Å²) in [5.41, 5.74) is 0.0387. The molecule has 0 atom stereocenters. The van der Waals surface area contributed by atoms with Gasteiger partial charge in [-0.2, -0.15) is 0 Å². The van der Waals surface area contributed by atoms with Crippen LogP contribution in [0.3, 0.4) is 0 Å². The van der Waals surface area contributed by atoms with Crippen molar-refractivity contribution >= 4 is 0 Å². The highest BCUT2D eigenvalue weighted by Gasteiger charge is 2.08. The maximum atomic E-state index is 5.58. The minimum Gasteiger partial charge on any atom is -0.376 e. The van der Waals surface area contributed by atoms with Crippen LogP contribution in [-0.4, -0.2) is 12.2 Å². The molecule has 0 N–H and O–H groups in total. The standard InChI is InChI=1S/C10H22O/c1-9(2)7-6-8-11-10(3,4)5/h9H,6-8H2,1-5H3. The third-order valence-electron chi connectivity index (χ3n) is 1.46. The topological polar surface area (TPSA) is 9.23 Å². The molecule has 11 heavy (non-hydrogen) atoms. The van der Waals surface area contributed by atoms with Crippen molar-refractivity contribution in [2.24, 2.45) is 5.92 Å². The van der Waals surface area contributed by atoms with Crippen LogP contribution in [-0.2, 0) is 4.74 Å². The highest BCUT2D eigenvalue weighted by molar-refractivity contribution is 4.58. The molecule has 0 aromatic carbocycles. The molecule has 0 aliphatic heterocycles. The summed E-state index contributed by atoms with van der Waals surface area (Å²) in [5, 5.41) is 0. The Morgan fingerprint density at radius 1 is 1.18 bits per heavy atom. The molecule has 0 fully saturated rings. The van der Waals surface area contributed by atoms with E-state index in [1.165, 1.54) is 12.8 Å². The van der Waals surface area contributed by atoms with Crippen LogP contribution in [0.5, 0.6) is 0 Å². The summed E-state index contributed by atoms with van der Waals surface area (Å²) in [5.74, 6) is 0.804. The Balaban J connectivity index is 3.15. The molecule has 68 valence electrons. The van der Waals surface area contributed by atoms with Gasteiger partial charge in [-0.15, -0.1) is 0 Å². The van der Waals surface area contributed by atoms with E-state index in [1.54, 1.807) is 0 Å². The number of rotatable bonds is 4. The molecule has 1 nitrogen and oxygen atoms in total. The van der Waals surface area contributed by atoms with E-state index < -0.39 is 0 Å². The van der Waals surface area contributed by atoms with Gasteiger partial charge < -0.3 is 4.74 Å². The lowest BCUT2D eigenvalue weighted by atomic mass is 10.1. The molecule has 1 heteroatoms. The summed E-state index contributed by atoms with van der Waals surface area (Å²) in [6.07, 6.45) is 2.46. The average Bonchev–Trinajstić information content (AvgIpc) is 1.78. The van der Waals surface area contributed by atoms with Crippen LogP contribution in [0.15, 0.2) is 0 Å². The van der Waals surface area contributed by atoms with E-state index in [0.717, 1.165) is 12.5 Å². The maximum Gasteiger partial charge on any atom is 0.0598 e. The monoisotopic (exact) mass is 158 g/mol. The van der Waals surface area contributed by atoms with E-state index in [9.17, 15) is 0 Å². The van der Waals surface area contributed by atoms with E-state index in [0.29, 0.717) is 0 Å². The highest BCUT2D eigenvalue weighted by atomic mass is 16.5. The van der Waals surface area contributed by atoms with Crippen molar-refractivity contribution in [3.05, 3.63) is 0 Å². The summed E-state index contributed by atoms with van der Waals surface area (Å²) < 4.78 is 5.58. The SMILES string of the molecule is CC(C)CCCOC(C)(C)C. The van der Waals surface area contributed by atoms with Gasteiger partial charge >= 0.3 is 0 Å². The zero-order valence-electron chi connectivity index (χ0n) is 8.61. The number of hydrogen-bond donors (Lipinski definition) is 0. The van der Waals surface area contributed by atoms with Crippen molar-refractivity contribution in [1.29, 1.82) is 0 Å². The van der Waals surface area contributed by atoms with E-state index in [4.69, 9.17) is 4.74 Å². The van der Waals surface area contributed by atoms with Gasteiger partial charge in [0.1, 0.15) is 0 Å². The van der Waals surface area contributed by atoms with Crippen molar-refractivity contribution in [1.82, 2.24) is 0 Å². The van der Waals surface area contributed by atoms with Crippen LogP contribution >= 0.6 is 0 Å². The fraction of sp³-hybridized carbons (Fsp3) is 1.00. The Morgan fingerprint density at radius 2 is 1.73 bits per heavy atom. The van der Waals surface area contributed by atoms with E-state index in [2.05, 4.69) is 34.6 Å². The summed E-state index contributed by atoms with van der Waals surface area (Å²) >= 11 is 0. The lowest BCUT2D eigenvalue weighted by Crippen LogP contribution is -2.19. The summed E-state index contributed by atoms with van der Waals surface area (Å²) in [7, 11) is 0. The molecule has 0 spiro atoms. The molecule has 0 saturated carbocycles. The normalized spacial score (nSPS) is 12.5. The zero-order valence-corrected chi connectivity index (χ0v) is 8.61. The van der Waals surface area contributed by atoms with Crippen LogP contribution < -0.4 is 0 Å². The molecule has 0 bridgehead atoms. The fourth-order valence-electron chi connectivity index (χ4n) is 0.870. The van der Waals surface area contributed by atoms with E-state index in [-0.39, 0.29) is 5.60 Å². The Hall–Kier alpha value is -0.0400. The lowest BCUT2D eigenvalue weighted by Gasteiger charge is -2.19. The van der Waals surface area contributed by atoms with Gasteiger partial charge in [-0.25, -0.2) is 0 Å². The summed E-state index contributed by atoms with van der Waals surface area (Å²) in [4.78, 5) is 0. The van der Waals surface area contributed by atoms with Crippen LogP contribution in [0.25, 0.3) is 0 Å². The first-order valence-electron chi connectivity index (χ1n) is 4.56. The lowest BCUT2D eigenvalue weighted by molar-refractivity contribution is -0.00553. The van der Waals surface area contributed by atoms with Gasteiger partial charge in [0, 0.05) is 6.61 Å². The van der Waals surface area contributed by atoms with E-state index >= 15 is 0 Å². The van der Waals surface area contributed by atoms with Crippen molar-refractivity contribution < 1.29 is 4.74 Å². The second-order valence-corrected chi connectivity index (χ2v) is 4.50. The first kappa shape index (κ1) is 11.0. The first-order chi connectivity index (χ1) is 4.92. The Kier molecular flexibility index (Phi) is 4.74. The zero-order chi connectivity index (χ0) is 8.91. The predicted molar refractivity (Wildman–Crippen MR) is 49.8 cm³/mol. The van der Waals surface area contributed by atoms with Crippen LogP contribution in [0, 0.1) is 5.92 Å². The van der Waals surface area contributed by atoms with Gasteiger partial charge in [0.2, 0.25) is 0 Å². The molecule has 0 unspecified atom stereocenters. The Labute approximate surface area is 71.1 Å². The Bertz CT molecular complexity index is 89.5. The second-order valence-electron chi connectivity index (χ2n) is 4.50. The van der Waals surface area contributed by atoms with E-state index in [1.807, 2.05) is 0 Å². The number of ether oxygens (including phenoxy) is 1. The van der Waals surface area contributed by atoms with Gasteiger partial charge in [-0.05, 0) is 39.5 Å². The van der Waals surface area contributed by atoms with Gasteiger partial charge in [0.15, 0.2) is 0 Å². The molecule has 0 radical (unpaired) electrons. The molecule has 0 rings (SSSR count). The minimum atomic E-state index is 0.0387. The molecule has 0 aromatic rings. The molecule has 0 aromatic heterocycles. The molecule has 0 aliphatic carbocycles. The summed E-state index contributed by atoms with van der Waals surface area (Å²) in [6, 6.07) is 0. The highest BCUT2D eigenvalue weighted by Crippen LogP contribution is 2.09. The van der Waals surface area contributed by atoms with Gasteiger partial charge in [0.25, 0.3) is 0 Å². The molecular weight excluding hydrogens is 136 g/mol. The molecule has 0 heterocycles. The largest absolute Gasteiger partial charge is 0.376 e. The number of hydrogen-bond acceptors (Lipinski definition) is 1. The quantitative estimate of drug-likeness (QED) is 0.571.